The molecule has 53 heavy (non-hydrogen) atoms. The van der Waals surface area contributed by atoms with Crippen molar-refractivity contribution in [2.75, 3.05) is 23.9 Å². The van der Waals surface area contributed by atoms with Gasteiger partial charge in [-0.05, 0) is 106 Å². The van der Waals surface area contributed by atoms with E-state index >= 15 is 0 Å². The van der Waals surface area contributed by atoms with Gasteiger partial charge in [-0.2, -0.15) is 0 Å². The van der Waals surface area contributed by atoms with Crippen LogP contribution in [0.1, 0.15) is 11.1 Å². The van der Waals surface area contributed by atoms with Crippen molar-refractivity contribution in [3.05, 3.63) is 182 Å². The van der Waals surface area contributed by atoms with Crippen molar-refractivity contribution in [3.8, 4) is 33.8 Å². The van der Waals surface area contributed by atoms with Crippen LogP contribution in [0.5, 0.6) is 11.5 Å². The van der Waals surface area contributed by atoms with Crippen molar-refractivity contribution in [2.45, 2.75) is 13.2 Å². The molecule has 0 saturated heterocycles. The number of carbonyl (C=O) groups excluding carboxylic acids is 2. The Morgan fingerprint density at radius 2 is 0.717 bits per heavy atom. The van der Waals surface area contributed by atoms with E-state index in [4.69, 9.17) is 14.2 Å². The van der Waals surface area contributed by atoms with Crippen LogP contribution in [0.2, 0.25) is 0 Å². The molecule has 0 heterocycles. The highest BCUT2D eigenvalue weighted by Gasteiger charge is 2.09. The molecule has 0 radical (unpaired) electrons. The maximum atomic E-state index is 11.4. The maximum Gasteiger partial charge on any atom is 0.335 e. The van der Waals surface area contributed by atoms with Crippen molar-refractivity contribution in [2.24, 2.45) is 0 Å². The SMILES string of the molecule is C=CC(=O)Oc1ccc(N(C)c2ccc(-c3ccc(COCc4ccc(-c5ccc(N(C)c6ccc(OC(=O)C=C)cc6)cc5)cc4)cc3)cc2)cc1. The fraction of sp³-hybridized carbons (Fsp3) is 0.0870. The van der Waals surface area contributed by atoms with Crippen molar-refractivity contribution >= 4 is 34.7 Å². The number of ether oxygens (including phenoxy) is 3. The smallest absolute Gasteiger partial charge is 0.335 e. The molecule has 6 aromatic rings. The first-order valence-corrected chi connectivity index (χ1v) is 17.1. The summed E-state index contributed by atoms with van der Waals surface area (Å²) in [4.78, 5) is 27.0. The van der Waals surface area contributed by atoms with Gasteiger partial charge in [0.15, 0.2) is 0 Å². The first-order valence-electron chi connectivity index (χ1n) is 17.1. The van der Waals surface area contributed by atoms with E-state index in [0.29, 0.717) is 24.7 Å². The second-order valence-electron chi connectivity index (χ2n) is 12.3. The van der Waals surface area contributed by atoms with Crippen molar-refractivity contribution in [1.82, 2.24) is 0 Å². The minimum absolute atomic E-state index is 0.479. The zero-order chi connectivity index (χ0) is 37.2. The quantitative estimate of drug-likeness (QED) is 0.0636. The van der Waals surface area contributed by atoms with Crippen LogP contribution in [-0.2, 0) is 27.5 Å². The molecule has 0 unspecified atom stereocenters. The summed E-state index contributed by atoms with van der Waals surface area (Å²) in [6, 6.07) is 48.4. The van der Waals surface area contributed by atoms with E-state index in [0.717, 1.165) is 68.3 Å². The van der Waals surface area contributed by atoms with Crippen LogP contribution in [0, 0.1) is 0 Å². The number of benzene rings is 6. The fourth-order valence-electron chi connectivity index (χ4n) is 5.72. The number of hydrogen-bond donors (Lipinski definition) is 0. The molecule has 0 aliphatic heterocycles. The Morgan fingerprint density at radius 1 is 0.453 bits per heavy atom. The second-order valence-corrected chi connectivity index (χ2v) is 12.3. The summed E-state index contributed by atoms with van der Waals surface area (Å²) in [6.07, 6.45) is 2.29. The zero-order valence-electron chi connectivity index (χ0n) is 29.8. The Balaban J connectivity index is 0.972. The van der Waals surface area contributed by atoms with Crippen LogP contribution >= 0.6 is 0 Å². The Morgan fingerprint density at radius 3 is 1.00 bits per heavy atom. The molecule has 0 atom stereocenters. The molecule has 264 valence electrons. The molecule has 7 nitrogen and oxygen atoms in total. The van der Waals surface area contributed by atoms with Gasteiger partial charge in [0.2, 0.25) is 0 Å². The van der Waals surface area contributed by atoms with Crippen LogP contribution in [0.3, 0.4) is 0 Å². The van der Waals surface area contributed by atoms with E-state index < -0.39 is 11.9 Å². The molecule has 6 aromatic carbocycles. The Bertz CT molecular complexity index is 2000. The Labute approximate surface area is 310 Å². The number of nitrogens with zero attached hydrogens (tertiary/aromatic N) is 2. The van der Waals surface area contributed by atoms with Gasteiger partial charge in [0.25, 0.3) is 0 Å². The minimum Gasteiger partial charge on any atom is -0.423 e. The van der Waals surface area contributed by atoms with E-state index in [9.17, 15) is 9.59 Å². The number of esters is 2. The van der Waals surface area contributed by atoms with E-state index in [-0.39, 0.29) is 0 Å². The summed E-state index contributed by atoms with van der Waals surface area (Å²) in [5.41, 5.74) is 10.8. The number of carbonyl (C=O) groups is 2. The van der Waals surface area contributed by atoms with Gasteiger partial charge >= 0.3 is 11.9 Å². The highest BCUT2D eigenvalue weighted by atomic mass is 16.5. The van der Waals surface area contributed by atoms with Crippen molar-refractivity contribution in [1.29, 1.82) is 0 Å². The molecule has 0 N–H and O–H groups in total. The van der Waals surface area contributed by atoms with Gasteiger partial charge in [-0.1, -0.05) is 86.0 Å². The summed E-state index contributed by atoms with van der Waals surface area (Å²) in [7, 11) is 4.00. The van der Waals surface area contributed by atoms with Crippen LogP contribution in [0.15, 0.2) is 171 Å². The molecule has 0 amide bonds. The van der Waals surface area contributed by atoms with Gasteiger partial charge in [0, 0.05) is 49.0 Å². The Hall–Kier alpha value is -6.70. The van der Waals surface area contributed by atoms with E-state index in [1.165, 1.54) is 0 Å². The predicted octanol–water partition coefficient (Wildman–Crippen LogP) is 10.5. The topological polar surface area (TPSA) is 68.3 Å². The fourth-order valence-corrected chi connectivity index (χ4v) is 5.72. The van der Waals surface area contributed by atoms with Gasteiger partial charge in [0.1, 0.15) is 11.5 Å². The molecule has 6 rings (SSSR count). The average molecular weight is 701 g/mol. The summed E-state index contributed by atoms with van der Waals surface area (Å²) in [5, 5.41) is 0. The minimum atomic E-state index is -0.480. The summed E-state index contributed by atoms with van der Waals surface area (Å²) < 4.78 is 16.4. The van der Waals surface area contributed by atoms with E-state index in [1.54, 1.807) is 24.3 Å². The lowest BCUT2D eigenvalue weighted by Gasteiger charge is -2.20. The van der Waals surface area contributed by atoms with Crippen LogP contribution in [0.25, 0.3) is 22.3 Å². The normalized spacial score (nSPS) is 10.6. The largest absolute Gasteiger partial charge is 0.423 e. The summed E-state index contributed by atoms with van der Waals surface area (Å²) in [5.74, 6) is -0.00257. The van der Waals surface area contributed by atoms with Crippen LogP contribution in [0.4, 0.5) is 22.7 Å². The van der Waals surface area contributed by atoms with E-state index in [2.05, 4.69) is 120 Å². The molecule has 0 spiro atoms. The van der Waals surface area contributed by atoms with Crippen molar-refractivity contribution < 1.29 is 23.8 Å². The molecule has 0 aliphatic rings. The monoisotopic (exact) mass is 700 g/mol. The molecular weight excluding hydrogens is 661 g/mol. The van der Waals surface area contributed by atoms with Crippen molar-refractivity contribution in [3.63, 3.8) is 0 Å². The lowest BCUT2D eigenvalue weighted by molar-refractivity contribution is -0.129. The molecule has 7 heteroatoms. The lowest BCUT2D eigenvalue weighted by atomic mass is 10.0. The van der Waals surface area contributed by atoms with Gasteiger partial charge in [0.05, 0.1) is 13.2 Å². The molecule has 0 fully saturated rings. The summed E-state index contributed by atoms with van der Waals surface area (Å²) in [6.45, 7) is 7.90. The molecule has 0 aliphatic carbocycles. The number of anilines is 4. The van der Waals surface area contributed by atoms with Gasteiger partial charge < -0.3 is 24.0 Å². The predicted molar refractivity (Wildman–Crippen MR) is 213 cm³/mol. The van der Waals surface area contributed by atoms with Crippen LogP contribution < -0.4 is 19.3 Å². The maximum absolute atomic E-state index is 11.4. The number of rotatable bonds is 14. The third kappa shape index (κ3) is 9.35. The third-order valence-corrected chi connectivity index (χ3v) is 8.84. The van der Waals surface area contributed by atoms with Gasteiger partial charge in [-0.25, -0.2) is 9.59 Å². The zero-order valence-corrected chi connectivity index (χ0v) is 29.8. The highest BCUT2D eigenvalue weighted by Crippen LogP contribution is 2.30. The number of hydrogen-bond acceptors (Lipinski definition) is 7. The molecule has 0 saturated carbocycles. The molecule has 0 bridgehead atoms. The third-order valence-electron chi connectivity index (χ3n) is 8.84. The first kappa shape index (κ1) is 36.1. The Kier molecular flexibility index (Phi) is 11.6. The molecular formula is C46H40N2O5. The standard InChI is InChI=1S/C46H40N2O5/c1-5-45(49)52-43-27-23-41(24-28-43)47(3)39-19-15-37(16-20-39)35-11-7-33(8-12-35)31-51-32-34-9-13-36(14-10-34)38-17-21-40(22-18-38)48(4)42-25-29-44(30-26-42)53-46(50)6-2/h5-30H,1-2,31-32H2,3-4H3. The van der Waals surface area contributed by atoms with Gasteiger partial charge in [-0.15, -0.1) is 0 Å². The first-order chi connectivity index (χ1) is 25.8. The second kappa shape index (κ2) is 17.0. The lowest BCUT2D eigenvalue weighted by Crippen LogP contribution is -2.09. The average Bonchev–Trinajstić information content (AvgIpc) is 3.21. The highest BCUT2D eigenvalue weighted by molar-refractivity contribution is 5.84. The van der Waals surface area contributed by atoms with E-state index in [1.807, 2.05) is 38.4 Å². The van der Waals surface area contributed by atoms with Crippen LogP contribution in [-0.4, -0.2) is 26.0 Å². The summed E-state index contributed by atoms with van der Waals surface area (Å²) >= 11 is 0. The molecule has 0 aromatic heterocycles. The van der Waals surface area contributed by atoms with Gasteiger partial charge in [-0.3, -0.25) is 0 Å².